The van der Waals surface area contributed by atoms with Crippen LogP contribution in [0.15, 0.2) is 18.3 Å². The van der Waals surface area contributed by atoms with Crippen molar-refractivity contribution < 1.29 is 0 Å². The molecule has 0 amide bonds. The molecule has 3 nitrogen and oxygen atoms in total. The lowest BCUT2D eigenvalue weighted by molar-refractivity contribution is 0.808. The average Bonchev–Trinajstić information content (AvgIpc) is 2.71. The Kier molecular flexibility index (Phi) is 2.68. The Labute approximate surface area is 84.9 Å². The highest BCUT2D eigenvalue weighted by Crippen LogP contribution is 2.18. The summed E-state index contributed by atoms with van der Waals surface area (Å²) in [7, 11) is 0. The van der Waals surface area contributed by atoms with Crippen LogP contribution in [0.4, 0.5) is 5.82 Å². The molecule has 0 bridgehead atoms. The zero-order chi connectivity index (χ0) is 9.97. The highest BCUT2D eigenvalue weighted by atomic mass is 15.2. The van der Waals surface area contributed by atoms with Crippen molar-refractivity contribution in [3.05, 3.63) is 23.9 Å². The number of anilines is 1. The van der Waals surface area contributed by atoms with Gasteiger partial charge in [0.15, 0.2) is 0 Å². The van der Waals surface area contributed by atoms with Gasteiger partial charge in [0.1, 0.15) is 5.82 Å². The molecule has 0 unspecified atom stereocenters. The summed E-state index contributed by atoms with van der Waals surface area (Å²) in [6.45, 7) is 4.27. The number of hydrogen-bond donors (Lipinski definition) is 1. The first kappa shape index (κ1) is 9.46. The van der Waals surface area contributed by atoms with Gasteiger partial charge in [0, 0.05) is 25.3 Å². The van der Waals surface area contributed by atoms with Crippen LogP contribution in [-0.2, 0) is 0 Å². The Bertz CT molecular complexity index is 286. The highest BCUT2D eigenvalue weighted by molar-refractivity contribution is 5.40. The van der Waals surface area contributed by atoms with Gasteiger partial charge in [-0.05, 0) is 31.4 Å². The fourth-order valence-electron chi connectivity index (χ4n) is 1.80. The summed E-state index contributed by atoms with van der Waals surface area (Å²) in [4.78, 5) is 6.75. The van der Waals surface area contributed by atoms with E-state index < -0.39 is 0 Å². The van der Waals surface area contributed by atoms with Gasteiger partial charge in [0.05, 0.1) is 0 Å². The second kappa shape index (κ2) is 3.96. The van der Waals surface area contributed by atoms with E-state index in [1.165, 1.54) is 12.8 Å². The lowest BCUT2D eigenvalue weighted by Gasteiger charge is -2.16. The lowest BCUT2D eigenvalue weighted by atomic mass is 10.1. The van der Waals surface area contributed by atoms with Crippen molar-refractivity contribution in [2.75, 3.05) is 18.0 Å². The van der Waals surface area contributed by atoms with E-state index in [2.05, 4.69) is 22.0 Å². The summed E-state index contributed by atoms with van der Waals surface area (Å²) < 4.78 is 0. The van der Waals surface area contributed by atoms with Crippen molar-refractivity contribution in [1.82, 2.24) is 4.98 Å². The van der Waals surface area contributed by atoms with E-state index in [4.69, 9.17) is 5.73 Å². The van der Waals surface area contributed by atoms with Crippen LogP contribution in [0.1, 0.15) is 31.4 Å². The van der Waals surface area contributed by atoms with E-state index in [9.17, 15) is 0 Å². The third-order valence-electron chi connectivity index (χ3n) is 2.73. The molecule has 2 rings (SSSR count). The Morgan fingerprint density at radius 1 is 1.36 bits per heavy atom. The van der Waals surface area contributed by atoms with Crippen molar-refractivity contribution in [1.29, 1.82) is 0 Å². The Balaban J connectivity index is 2.12. The van der Waals surface area contributed by atoms with Crippen molar-refractivity contribution in [2.24, 2.45) is 5.73 Å². The predicted octanol–water partition coefficient (Wildman–Crippen LogP) is 1.70. The second-order valence-electron chi connectivity index (χ2n) is 3.93. The van der Waals surface area contributed by atoms with Crippen LogP contribution in [0.2, 0.25) is 0 Å². The fraction of sp³-hybridized carbons (Fsp3) is 0.545. The van der Waals surface area contributed by atoms with Crippen LogP contribution >= 0.6 is 0 Å². The van der Waals surface area contributed by atoms with Crippen molar-refractivity contribution in [3.8, 4) is 0 Å². The van der Waals surface area contributed by atoms with Crippen LogP contribution in [0.5, 0.6) is 0 Å². The standard InChI is InChI=1S/C11H17N3/c1-9(12)10-4-5-11(13-8-10)14-6-2-3-7-14/h4-5,8-9H,2-3,6-7,12H2,1H3/t9-/m0/s1. The van der Waals surface area contributed by atoms with Gasteiger partial charge in [-0.3, -0.25) is 0 Å². The zero-order valence-electron chi connectivity index (χ0n) is 8.61. The summed E-state index contributed by atoms with van der Waals surface area (Å²) in [5, 5.41) is 0. The molecule has 0 aliphatic carbocycles. The first-order chi connectivity index (χ1) is 6.77. The van der Waals surface area contributed by atoms with E-state index in [0.717, 1.165) is 24.5 Å². The molecule has 1 aliphatic heterocycles. The minimum atomic E-state index is 0.0788. The Morgan fingerprint density at radius 3 is 2.57 bits per heavy atom. The highest BCUT2D eigenvalue weighted by Gasteiger charge is 2.13. The molecular formula is C11H17N3. The largest absolute Gasteiger partial charge is 0.357 e. The molecule has 0 radical (unpaired) electrons. The molecule has 1 fully saturated rings. The zero-order valence-corrected chi connectivity index (χ0v) is 8.61. The van der Waals surface area contributed by atoms with Gasteiger partial charge in [0.2, 0.25) is 0 Å². The molecule has 1 aliphatic rings. The van der Waals surface area contributed by atoms with Gasteiger partial charge in [-0.15, -0.1) is 0 Å². The molecule has 3 heteroatoms. The summed E-state index contributed by atoms with van der Waals surface area (Å²) in [6.07, 6.45) is 4.46. The molecular weight excluding hydrogens is 174 g/mol. The lowest BCUT2D eigenvalue weighted by Crippen LogP contribution is -2.19. The fourth-order valence-corrected chi connectivity index (χ4v) is 1.80. The van der Waals surface area contributed by atoms with Crippen molar-refractivity contribution >= 4 is 5.82 Å². The second-order valence-corrected chi connectivity index (χ2v) is 3.93. The molecule has 1 atom stereocenters. The monoisotopic (exact) mass is 191 g/mol. The van der Waals surface area contributed by atoms with Gasteiger partial charge >= 0.3 is 0 Å². The predicted molar refractivity (Wildman–Crippen MR) is 58.3 cm³/mol. The average molecular weight is 191 g/mol. The summed E-state index contributed by atoms with van der Waals surface area (Å²) in [5.74, 6) is 1.09. The summed E-state index contributed by atoms with van der Waals surface area (Å²) in [6, 6.07) is 4.23. The summed E-state index contributed by atoms with van der Waals surface area (Å²) in [5.41, 5.74) is 6.87. The van der Waals surface area contributed by atoms with Gasteiger partial charge in [-0.1, -0.05) is 6.07 Å². The molecule has 2 heterocycles. The van der Waals surface area contributed by atoms with Gasteiger partial charge < -0.3 is 10.6 Å². The topological polar surface area (TPSA) is 42.1 Å². The Morgan fingerprint density at radius 2 is 2.07 bits per heavy atom. The normalized spacial score (nSPS) is 18.6. The van der Waals surface area contributed by atoms with Gasteiger partial charge in [-0.2, -0.15) is 0 Å². The molecule has 2 N–H and O–H groups in total. The number of rotatable bonds is 2. The minimum Gasteiger partial charge on any atom is -0.357 e. The molecule has 0 spiro atoms. The maximum absolute atomic E-state index is 5.76. The molecule has 0 saturated carbocycles. The SMILES string of the molecule is C[C@H](N)c1ccc(N2CCCC2)nc1. The van der Waals surface area contributed by atoms with Crippen LogP contribution in [0.3, 0.4) is 0 Å². The molecule has 1 aromatic heterocycles. The molecule has 14 heavy (non-hydrogen) atoms. The molecule has 1 aromatic rings. The number of hydrogen-bond acceptors (Lipinski definition) is 3. The first-order valence-corrected chi connectivity index (χ1v) is 5.24. The summed E-state index contributed by atoms with van der Waals surface area (Å²) >= 11 is 0. The first-order valence-electron chi connectivity index (χ1n) is 5.24. The van der Waals surface area contributed by atoms with E-state index in [0.29, 0.717) is 0 Å². The van der Waals surface area contributed by atoms with Crippen LogP contribution in [0, 0.1) is 0 Å². The smallest absolute Gasteiger partial charge is 0.128 e. The number of nitrogens with two attached hydrogens (primary N) is 1. The maximum atomic E-state index is 5.76. The third kappa shape index (κ3) is 1.87. The Hall–Kier alpha value is -1.09. The molecule has 76 valence electrons. The maximum Gasteiger partial charge on any atom is 0.128 e. The van der Waals surface area contributed by atoms with Gasteiger partial charge in [-0.25, -0.2) is 4.98 Å². The van der Waals surface area contributed by atoms with Crippen molar-refractivity contribution in [3.63, 3.8) is 0 Å². The molecule has 1 saturated heterocycles. The number of nitrogens with zero attached hydrogens (tertiary/aromatic N) is 2. The van der Waals surface area contributed by atoms with E-state index in [-0.39, 0.29) is 6.04 Å². The number of aromatic nitrogens is 1. The van der Waals surface area contributed by atoms with E-state index in [1.54, 1.807) is 0 Å². The van der Waals surface area contributed by atoms with E-state index >= 15 is 0 Å². The van der Waals surface area contributed by atoms with E-state index in [1.807, 2.05) is 13.1 Å². The van der Waals surface area contributed by atoms with Gasteiger partial charge in [0.25, 0.3) is 0 Å². The quantitative estimate of drug-likeness (QED) is 0.773. The van der Waals surface area contributed by atoms with Crippen LogP contribution in [-0.4, -0.2) is 18.1 Å². The number of pyridine rings is 1. The van der Waals surface area contributed by atoms with Crippen LogP contribution < -0.4 is 10.6 Å². The minimum absolute atomic E-state index is 0.0788. The van der Waals surface area contributed by atoms with Crippen molar-refractivity contribution in [2.45, 2.75) is 25.8 Å². The third-order valence-corrected chi connectivity index (χ3v) is 2.73. The van der Waals surface area contributed by atoms with Crippen LogP contribution in [0.25, 0.3) is 0 Å². The molecule has 0 aromatic carbocycles.